The maximum atomic E-state index is 3.51. The van der Waals surface area contributed by atoms with Crippen LogP contribution in [0.3, 0.4) is 0 Å². The zero-order chi connectivity index (χ0) is 14.9. The molecular formula is C18H16N2S2. The SMILES string of the molecule is CN1C(=CC=CC2Nc3ccccc3S2)Sc2ccccc21. The first-order valence-corrected chi connectivity index (χ1v) is 8.92. The summed E-state index contributed by atoms with van der Waals surface area (Å²) in [5.41, 5.74) is 2.52. The number of nitrogens with one attached hydrogen (secondary N) is 1. The van der Waals surface area contributed by atoms with Gasteiger partial charge in [-0.1, -0.05) is 59.9 Å². The second kappa shape index (κ2) is 5.78. The van der Waals surface area contributed by atoms with E-state index in [1.165, 1.54) is 26.2 Å². The van der Waals surface area contributed by atoms with Gasteiger partial charge in [0.05, 0.1) is 16.1 Å². The molecule has 0 saturated heterocycles. The highest BCUT2D eigenvalue weighted by Gasteiger charge is 2.21. The minimum absolute atomic E-state index is 0.313. The molecule has 0 spiro atoms. The van der Waals surface area contributed by atoms with Crippen molar-refractivity contribution in [2.24, 2.45) is 0 Å². The molecule has 110 valence electrons. The van der Waals surface area contributed by atoms with E-state index in [1.807, 2.05) is 23.5 Å². The van der Waals surface area contributed by atoms with E-state index in [0.29, 0.717) is 5.37 Å². The van der Waals surface area contributed by atoms with Crippen LogP contribution < -0.4 is 10.2 Å². The molecule has 0 radical (unpaired) electrons. The molecule has 0 amide bonds. The Morgan fingerprint density at radius 3 is 2.64 bits per heavy atom. The Labute approximate surface area is 139 Å². The van der Waals surface area contributed by atoms with Gasteiger partial charge in [-0.25, -0.2) is 0 Å². The van der Waals surface area contributed by atoms with Gasteiger partial charge in [-0.15, -0.1) is 0 Å². The van der Waals surface area contributed by atoms with E-state index in [1.54, 1.807) is 0 Å². The molecule has 1 unspecified atom stereocenters. The maximum absolute atomic E-state index is 3.51. The molecule has 2 aliphatic rings. The van der Waals surface area contributed by atoms with Crippen LogP contribution in [0, 0.1) is 0 Å². The monoisotopic (exact) mass is 324 g/mol. The van der Waals surface area contributed by atoms with Crippen LogP contribution in [0.25, 0.3) is 0 Å². The van der Waals surface area contributed by atoms with Crippen molar-refractivity contribution >= 4 is 34.9 Å². The third-order valence-electron chi connectivity index (χ3n) is 3.74. The molecule has 2 aliphatic heterocycles. The Balaban J connectivity index is 1.46. The fourth-order valence-corrected chi connectivity index (χ4v) is 4.70. The lowest BCUT2D eigenvalue weighted by Crippen LogP contribution is -2.09. The molecule has 0 aromatic heterocycles. The Bertz CT molecular complexity index is 742. The Hall–Kier alpha value is -1.78. The van der Waals surface area contributed by atoms with Gasteiger partial charge in [-0.3, -0.25) is 0 Å². The summed E-state index contributed by atoms with van der Waals surface area (Å²) in [5.74, 6) is 0. The molecule has 4 rings (SSSR count). The topological polar surface area (TPSA) is 15.3 Å². The van der Waals surface area contributed by atoms with Crippen molar-refractivity contribution in [1.82, 2.24) is 0 Å². The van der Waals surface area contributed by atoms with Crippen LogP contribution >= 0.6 is 23.5 Å². The van der Waals surface area contributed by atoms with Crippen LogP contribution in [0.4, 0.5) is 11.4 Å². The van der Waals surface area contributed by atoms with Crippen LogP contribution in [0.15, 0.2) is 81.6 Å². The number of rotatable bonds is 2. The third-order valence-corrected chi connectivity index (χ3v) is 6.06. The number of thioether (sulfide) groups is 2. The summed E-state index contributed by atoms with van der Waals surface area (Å²) in [6.07, 6.45) is 6.56. The summed E-state index contributed by atoms with van der Waals surface area (Å²) in [7, 11) is 2.12. The Kier molecular flexibility index (Phi) is 3.64. The van der Waals surface area contributed by atoms with E-state index in [0.717, 1.165) is 0 Å². The number of benzene rings is 2. The summed E-state index contributed by atoms with van der Waals surface area (Å²) < 4.78 is 0. The van der Waals surface area contributed by atoms with E-state index in [4.69, 9.17) is 0 Å². The molecule has 1 N–H and O–H groups in total. The highest BCUT2D eigenvalue weighted by molar-refractivity contribution is 8.03. The van der Waals surface area contributed by atoms with E-state index in [-0.39, 0.29) is 0 Å². The molecule has 0 aliphatic carbocycles. The van der Waals surface area contributed by atoms with Gasteiger partial charge in [0.1, 0.15) is 0 Å². The lowest BCUT2D eigenvalue weighted by atomic mass is 10.3. The van der Waals surface area contributed by atoms with Gasteiger partial charge in [0.2, 0.25) is 0 Å². The zero-order valence-electron chi connectivity index (χ0n) is 12.2. The predicted octanol–water partition coefficient (Wildman–Crippen LogP) is 5.17. The molecule has 22 heavy (non-hydrogen) atoms. The number of hydrogen-bond acceptors (Lipinski definition) is 4. The summed E-state index contributed by atoms with van der Waals surface area (Å²) in [6, 6.07) is 17.0. The molecule has 2 nitrogen and oxygen atoms in total. The summed E-state index contributed by atoms with van der Waals surface area (Å²) in [5, 5.41) is 5.09. The van der Waals surface area contributed by atoms with Crippen molar-refractivity contribution in [3.63, 3.8) is 0 Å². The minimum atomic E-state index is 0.313. The van der Waals surface area contributed by atoms with Gasteiger partial charge in [0.15, 0.2) is 0 Å². The summed E-state index contributed by atoms with van der Waals surface area (Å²) in [6.45, 7) is 0. The van der Waals surface area contributed by atoms with Crippen LogP contribution in [0.1, 0.15) is 0 Å². The lowest BCUT2D eigenvalue weighted by Gasteiger charge is -2.12. The first-order chi connectivity index (χ1) is 10.8. The average molecular weight is 324 g/mol. The highest BCUT2D eigenvalue weighted by Crippen LogP contribution is 2.44. The van der Waals surface area contributed by atoms with Gasteiger partial charge in [0.25, 0.3) is 0 Å². The van der Waals surface area contributed by atoms with Gasteiger partial charge >= 0.3 is 0 Å². The molecule has 0 bridgehead atoms. The molecule has 4 heteroatoms. The molecule has 2 aromatic carbocycles. The Morgan fingerprint density at radius 1 is 1.05 bits per heavy atom. The third kappa shape index (κ3) is 2.53. The zero-order valence-corrected chi connectivity index (χ0v) is 13.8. The minimum Gasteiger partial charge on any atom is -0.369 e. The number of fused-ring (bicyclic) bond motifs is 2. The first kappa shape index (κ1) is 13.9. The van der Waals surface area contributed by atoms with Crippen molar-refractivity contribution in [2.45, 2.75) is 15.2 Å². The van der Waals surface area contributed by atoms with Crippen molar-refractivity contribution < 1.29 is 0 Å². The molecule has 1 atom stereocenters. The molecule has 2 aromatic rings. The second-order valence-corrected chi connectivity index (χ2v) is 7.44. The number of hydrogen-bond donors (Lipinski definition) is 1. The number of allylic oxidation sites excluding steroid dienone is 2. The van der Waals surface area contributed by atoms with Crippen molar-refractivity contribution in [2.75, 3.05) is 17.3 Å². The van der Waals surface area contributed by atoms with E-state index < -0.39 is 0 Å². The van der Waals surface area contributed by atoms with Gasteiger partial charge < -0.3 is 10.2 Å². The Morgan fingerprint density at radius 2 is 1.82 bits per heavy atom. The van der Waals surface area contributed by atoms with E-state index >= 15 is 0 Å². The molecular weight excluding hydrogens is 308 g/mol. The van der Waals surface area contributed by atoms with Crippen molar-refractivity contribution in [1.29, 1.82) is 0 Å². The largest absolute Gasteiger partial charge is 0.369 e. The van der Waals surface area contributed by atoms with Gasteiger partial charge in [-0.2, -0.15) is 0 Å². The highest BCUT2D eigenvalue weighted by atomic mass is 32.2. The summed E-state index contributed by atoms with van der Waals surface area (Å²) >= 11 is 3.68. The lowest BCUT2D eigenvalue weighted by molar-refractivity contribution is 1.17. The van der Waals surface area contributed by atoms with Crippen LogP contribution in [-0.4, -0.2) is 12.4 Å². The smallest absolute Gasteiger partial charge is 0.0960 e. The van der Waals surface area contributed by atoms with Crippen LogP contribution in [0.5, 0.6) is 0 Å². The van der Waals surface area contributed by atoms with Gasteiger partial charge in [0, 0.05) is 22.5 Å². The molecule has 2 heterocycles. The average Bonchev–Trinajstić information content (AvgIpc) is 3.09. The van der Waals surface area contributed by atoms with E-state index in [9.17, 15) is 0 Å². The van der Waals surface area contributed by atoms with Gasteiger partial charge in [-0.05, 0) is 30.3 Å². The quantitative estimate of drug-likeness (QED) is 0.819. The summed E-state index contributed by atoms with van der Waals surface area (Å²) in [4.78, 5) is 4.89. The van der Waals surface area contributed by atoms with Crippen molar-refractivity contribution in [3.8, 4) is 0 Å². The fourth-order valence-electron chi connectivity index (χ4n) is 2.60. The number of para-hydroxylation sites is 2. The fraction of sp³-hybridized carbons (Fsp3) is 0.111. The number of anilines is 2. The van der Waals surface area contributed by atoms with Crippen LogP contribution in [0.2, 0.25) is 0 Å². The molecule has 0 saturated carbocycles. The predicted molar refractivity (Wildman–Crippen MR) is 97.6 cm³/mol. The second-order valence-electron chi connectivity index (χ2n) is 5.20. The molecule has 0 fully saturated rings. The van der Waals surface area contributed by atoms with E-state index in [2.05, 4.69) is 84.0 Å². The normalized spacial score (nSPS) is 21.2. The maximum Gasteiger partial charge on any atom is 0.0960 e. The number of nitrogens with zero attached hydrogens (tertiary/aromatic N) is 1. The van der Waals surface area contributed by atoms with Crippen LogP contribution in [-0.2, 0) is 0 Å². The standard InChI is InChI=1S/C18H16N2S2/c1-20-14-8-3-5-10-16(14)22-18(20)12-6-11-17-19-13-7-2-4-9-15(13)21-17/h2-12,17,19H,1H3. The first-order valence-electron chi connectivity index (χ1n) is 7.22. The van der Waals surface area contributed by atoms with Crippen molar-refractivity contribution in [3.05, 3.63) is 71.8 Å².